The van der Waals surface area contributed by atoms with Gasteiger partial charge in [-0.3, -0.25) is 13.9 Å². The number of H-pyrrole nitrogens is 1. The van der Waals surface area contributed by atoms with Gasteiger partial charge in [0.1, 0.15) is 0 Å². The van der Waals surface area contributed by atoms with Gasteiger partial charge < -0.3 is 10.1 Å². The van der Waals surface area contributed by atoms with Crippen molar-refractivity contribution in [3.63, 3.8) is 0 Å². The van der Waals surface area contributed by atoms with Crippen LogP contribution in [-0.2, 0) is 4.79 Å². The summed E-state index contributed by atoms with van der Waals surface area (Å²) in [4.78, 5) is 29.2. The molecule has 0 saturated carbocycles. The topological polar surface area (TPSA) is 104 Å². The van der Waals surface area contributed by atoms with Crippen molar-refractivity contribution < 1.29 is 9.90 Å². The largest absolute Gasteiger partial charge is 0.481 e. The second kappa shape index (κ2) is 8.65. The molecule has 0 saturated heterocycles. The molecule has 35 heavy (non-hydrogen) atoms. The molecule has 7 heteroatoms. The molecule has 5 aromatic rings. The number of rotatable bonds is 6. The molecule has 0 spiro atoms. The molecule has 5 rings (SSSR count). The van der Waals surface area contributed by atoms with Gasteiger partial charge in [0.25, 0.3) is 0 Å². The fraction of sp³-hybridized carbons (Fsp3) is 0.179. The molecule has 174 valence electrons. The molecule has 2 N–H and O–H groups in total. The number of carboxylic acid groups (broad SMARTS) is 1. The Morgan fingerprint density at radius 3 is 2.54 bits per heavy atom. The number of aromatic amines is 1. The van der Waals surface area contributed by atoms with Crippen LogP contribution in [0.3, 0.4) is 0 Å². The van der Waals surface area contributed by atoms with Crippen LogP contribution in [0.4, 0.5) is 0 Å². The zero-order valence-corrected chi connectivity index (χ0v) is 19.4. The number of hydrogen-bond acceptors (Lipinski definition) is 3. The quantitative estimate of drug-likeness (QED) is 0.363. The number of nitrogens with one attached hydrogen (secondary N) is 1. The lowest BCUT2D eigenvalue weighted by atomic mass is 10.0. The Kier molecular flexibility index (Phi) is 5.50. The van der Waals surface area contributed by atoms with Crippen LogP contribution < -0.4 is 5.69 Å². The summed E-state index contributed by atoms with van der Waals surface area (Å²) in [6.07, 6.45) is 1.66. The number of aromatic nitrogens is 3. The zero-order chi connectivity index (χ0) is 24.7. The average Bonchev–Trinajstić information content (AvgIpc) is 3.42. The Bertz CT molecular complexity index is 1670. The molecule has 2 heterocycles. The number of hydrogen-bond donors (Lipinski definition) is 2. The van der Waals surface area contributed by atoms with Gasteiger partial charge in [-0.2, -0.15) is 5.26 Å². The monoisotopic (exact) mass is 464 g/mol. The van der Waals surface area contributed by atoms with Gasteiger partial charge in [0, 0.05) is 22.7 Å². The third-order valence-corrected chi connectivity index (χ3v) is 6.68. The number of benzene rings is 3. The lowest BCUT2D eigenvalue weighted by Gasteiger charge is -2.18. The highest BCUT2D eigenvalue weighted by Gasteiger charge is 2.27. The number of nitrogens with zero attached hydrogens (tertiary/aromatic N) is 3. The fourth-order valence-corrected chi connectivity index (χ4v) is 5.05. The lowest BCUT2D eigenvalue weighted by Crippen LogP contribution is -2.31. The molecule has 2 aromatic heterocycles. The van der Waals surface area contributed by atoms with Crippen molar-refractivity contribution >= 4 is 27.9 Å². The van der Waals surface area contributed by atoms with Crippen molar-refractivity contribution in [1.82, 2.24) is 14.1 Å². The first-order valence-electron chi connectivity index (χ1n) is 11.4. The highest BCUT2D eigenvalue weighted by atomic mass is 16.4. The number of fused-ring (bicyclic) bond motifs is 2. The predicted octanol–water partition coefficient (Wildman–Crippen LogP) is 5.14. The number of aliphatic carboxylic acids is 1. The molecule has 0 aliphatic rings. The van der Waals surface area contributed by atoms with E-state index in [0.717, 1.165) is 22.0 Å². The summed E-state index contributed by atoms with van der Waals surface area (Å²) >= 11 is 0. The first-order valence-corrected chi connectivity index (χ1v) is 11.4. The molecule has 3 aromatic carbocycles. The number of imidazole rings is 1. The van der Waals surface area contributed by atoms with E-state index in [1.807, 2.05) is 68.6 Å². The standard InChI is InChI=1S/C28H24N4O3/c1-17-7-6-10-22-27(17)21(16-30-22)18(2)31-23-12-11-19(15-29)13-25(23)32(28(31)35)24(14-26(33)34)20-8-4-3-5-9-20/h3-13,16,18,24,30H,14H2,1-2H3,(H,33,34)/t18?,24-/m1/s1. The SMILES string of the molecule is Cc1cccc2[nH]cc(C(C)n3c(=O)n([C@H](CC(=O)O)c4ccccc4)c4cc(C#N)ccc43)c12. The summed E-state index contributed by atoms with van der Waals surface area (Å²) in [5, 5.41) is 20.3. The van der Waals surface area contributed by atoms with Crippen molar-refractivity contribution in [3.05, 3.63) is 106 Å². The van der Waals surface area contributed by atoms with Gasteiger partial charge >= 0.3 is 11.7 Å². The molecule has 2 atom stereocenters. The molecule has 0 aliphatic heterocycles. The third-order valence-electron chi connectivity index (χ3n) is 6.68. The van der Waals surface area contributed by atoms with Gasteiger partial charge in [-0.15, -0.1) is 0 Å². The van der Waals surface area contributed by atoms with Gasteiger partial charge in [-0.1, -0.05) is 42.5 Å². The van der Waals surface area contributed by atoms with E-state index in [4.69, 9.17) is 0 Å². The second-order valence-corrected chi connectivity index (χ2v) is 8.78. The second-order valence-electron chi connectivity index (χ2n) is 8.78. The van der Waals surface area contributed by atoms with Crippen molar-refractivity contribution in [2.24, 2.45) is 0 Å². The first kappa shape index (κ1) is 22.2. The molecule has 0 aliphatic carbocycles. The molecular formula is C28H24N4O3. The fourth-order valence-electron chi connectivity index (χ4n) is 5.05. The molecule has 0 radical (unpaired) electrons. The van der Waals surface area contributed by atoms with Crippen LogP contribution >= 0.6 is 0 Å². The van der Waals surface area contributed by atoms with Crippen LogP contribution in [0.2, 0.25) is 0 Å². The Labute approximate surface area is 201 Å². The molecule has 0 fully saturated rings. The summed E-state index contributed by atoms with van der Waals surface area (Å²) in [5.74, 6) is -1.01. The highest BCUT2D eigenvalue weighted by Crippen LogP contribution is 2.33. The Morgan fingerprint density at radius 1 is 1.06 bits per heavy atom. The van der Waals surface area contributed by atoms with Gasteiger partial charge in [-0.25, -0.2) is 4.79 Å². The van der Waals surface area contributed by atoms with Crippen molar-refractivity contribution in [2.45, 2.75) is 32.4 Å². The Hall–Kier alpha value is -4.57. The van der Waals surface area contributed by atoms with E-state index < -0.39 is 12.0 Å². The van der Waals surface area contributed by atoms with Crippen molar-refractivity contribution in [2.75, 3.05) is 0 Å². The van der Waals surface area contributed by atoms with Crippen LogP contribution in [0.25, 0.3) is 21.9 Å². The number of carboxylic acids is 1. The summed E-state index contributed by atoms with van der Waals surface area (Å²) in [6.45, 7) is 4.00. The van der Waals surface area contributed by atoms with E-state index in [-0.39, 0.29) is 18.2 Å². The minimum absolute atomic E-state index is 0.264. The minimum Gasteiger partial charge on any atom is -0.481 e. The van der Waals surface area contributed by atoms with E-state index in [2.05, 4.69) is 11.1 Å². The predicted molar refractivity (Wildman–Crippen MR) is 135 cm³/mol. The van der Waals surface area contributed by atoms with E-state index >= 15 is 0 Å². The number of nitriles is 1. The van der Waals surface area contributed by atoms with Gasteiger partial charge in [0.15, 0.2) is 0 Å². The Balaban J connectivity index is 1.80. The molecule has 1 unspecified atom stereocenters. The average molecular weight is 465 g/mol. The lowest BCUT2D eigenvalue weighted by molar-refractivity contribution is -0.137. The van der Waals surface area contributed by atoms with Crippen LogP contribution in [0.1, 0.15) is 47.7 Å². The maximum Gasteiger partial charge on any atom is 0.330 e. The normalized spacial score (nSPS) is 13.1. The number of aryl methyl sites for hydroxylation is 1. The summed E-state index contributed by atoms with van der Waals surface area (Å²) < 4.78 is 3.22. The van der Waals surface area contributed by atoms with Gasteiger partial charge in [0.2, 0.25) is 0 Å². The molecule has 0 amide bonds. The maximum absolute atomic E-state index is 14.1. The van der Waals surface area contributed by atoms with E-state index in [0.29, 0.717) is 22.2 Å². The van der Waals surface area contributed by atoms with E-state index in [1.165, 1.54) is 4.57 Å². The van der Waals surface area contributed by atoms with Gasteiger partial charge in [-0.05, 0) is 49.2 Å². The van der Waals surface area contributed by atoms with Crippen molar-refractivity contribution in [1.29, 1.82) is 5.26 Å². The molecular weight excluding hydrogens is 440 g/mol. The summed E-state index contributed by atoms with van der Waals surface area (Å²) in [5.41, 5.74) is 5.04. The van der Waals surface area contributed by atoms with Crippen LogP contribution in [0.15, 0.2) is 77.7 Å². The molecule has 0 bridgehead atoms. The first-order chi connectivity index (χ1) is 16.9. The third kappa shape index (κ3) is 3.69. The van der Waals surface area contributed by atoms with Crippen LogP contribution in [0, 0.1) is 18.3 Å². The minimum atomic E-state index is -1.01. The maximum atomic E-state index is 14.1. The van der Waals surface area contributed by atoms with Crippen LogP contribution in [-0.4, -0.2) is 25.2 Å². The molecule has 7 nitrogen and oxygen atoms in total. The number of carbonyl (C=O) groups is 1. The Morgan fingerprint density at radius 2 is 1.83 bits per heavy atom. The van der Waals surface area contributed by atoms with Crippen molar-refractivity contribution in [3.8, 4) is 6.07 Å². The summed E-state index contributed by atoms with van der Waals surface area (Å²) in [6, 6.07) is 21.4. The van der Waals surface area contributed by atoms with E-state index in [9.17, 15) is 20.0 Å². The van der Waals surface area contributed by atoms with Crippen LogP contribution in [0.5, 0.6) is 0 Å². The van der Waals surface area contributed by atoms with E-state index in [1.54, 1.807) is 22.8 Å². The smallest absolute Gasteiger partial charge is 0.330 e. The highest BCUT2D eigenvalue weighted by molar-refractivity contribution is 5.87. The summed E-state index contributed by atoms with van der Waals surface area (Å²) in [7, 11) is 0. The zero-order valence-electron chi connectivity index (χ0n) is 19.4. The van der Waals surface area contributed by atoms with Gasteiger partial charge in [0.05, 0.1) is 41.2 Å².